The first-order valence-electron chi connectivity index (χ1n) is 7.90. The molecule has 4 nitrogen and oxygen atoms in total. The lowest BCUT2D eigenvalue weighted by Crippen LogP contribution is -2.33. The quantitative estimate of drug-likeness (QED) is 0.635. The number of carbonyl (C=O) groups excluding carboxylic acids is 1. The Morgan fingerprint density at radius 1 is 1.22 bits per heavy atom. The smallest absolute Gasteiger partial charge is 0.222 e. The van der Waals surface area contributed by atoms with Crippen molar-refractivity contribution in [1.82, 2.24) is 5.32 Å². The van der Waals surface area contributed by atoms with Gasteiger partial charge in [-0.15, -0.1) is 0 Å². The summed E-state index contributed by atoms with van der Waals surface area (Å²) in [5.41, 5.74) is -0.118. The van der Waals surface area contributed by atoms with E-state index in [0.717, 1.165) is 5.56 Å². The van der Waals surface area contributed by atoms with Gasteiger partial charge in [-0.25, -0.2) is 0 Å². The van der Waals surface area contributed by atoms with Gasteiger partial charge in [0.15, 0.2) is 5.17 Å². The Balaban J connectivity index is 3.18. The van der Waals surface area contributed by atoms with Gasteiger partial charge in [0.1, 0.15) is 6.04 Å². The molecule has 0 radical (unpaired) electrons. The summed E-state index contributed by atoms with van der Waals surface area (Å²) in [6, 6.07) is 9.20. The normalized spacial score (nSPS) is 15.4. The number of aliphatic hydroxyl groups is 1. The first kappa shape index (κ1) is 19.7. The molecular weight excluding hydrogens is 308 g/mol. The van der Waals surface area contributed by atoms with Crippen LogP contribution in [0, 0.1) is 5.92 Å². The number of hydrogen-bond acceptors (Lipinski definition) is 4. The van der Waals surface area contributed by atoms with Crippen molar-refractivity contribution in [3.63, 3.8) is 0 Å². The fourth-order valence-corrected chi connectivity index (χ4v) is 2.94. The van der Waals surface area contributed by atoms with Crippen molar-refractivity contribution >= 4 is 22.8 Å². The van der Waals surface area contributed by atoms with Crippen LogP contribution >= 0.6 is 11.8 Å². The van der Waals surface area contributed by atoms with Gasteiger partial charge >= 0.3 is 0 Å². The molecule has 0 aliphatic rings. The minimum atomic E-state index is -1.04. The third-order valence-corrected chi connectivity index (χ3v) is 4.90. The Hall–Kier alpha value is -1.33. The molecule has 1 amide bonds. The lowest BCUT2D eigenvalue weighted by molar-refractivity contribution is -0.117. The highest BCUT2D eigenvalue weighted by atomic mass is 32.2. The molecule has 0 spiro atoms. The highest BCUT2D eigenvalue weighted by Crippen LogP contribution is 2.31. The maximum Gasteiger partial charge on any atom is 0.222 e. The summed E-state index contributed by atoms with van der Waals surface area (Å²) in [6.07, 6.45) is 0. The number of carbonyl (C=O) groups is 1. The van der Waals surface area contributed by atoms with Gasteiger partial charge in [-0.1, -0.05) is 62.9 Å². The molecule has 1 aromatic rings. The molecule has 128 valence electrons. The summed E-state index contributed by atoms with van der Waals surface area (Å²) < 4.78 is 0. The Morgan fingerprint density at radius 3 is 2.22 bits per heavy atom. The van der Waals surface area contributed by atoms with Crippen LogP contribution in [0.1, 0.15) is 53.1 Å². The molecule has 1 unspecified atom stereocenters. The van der Waals surface area contributed by atoms with Gasteiger partial charge < -0.3 is 10.4 Å². The van der Waals surface area contributed by atoms with E-state index in [2.05, 4.69) is 31.1 Å². The third kappa shape index (κ3) is 6.75. The van der Waals surface area contributed by atoms with Crippen LogP contribution in [0.25, 0.3) is 0 Å². The fourth-order valence-electron chi connectivity index (χ4n) is 1.95. The van der Waals surface area contributed by atoms with E-state index in [4.69, 9.17) is 0 Å². The second-order valence-electron chi connectivity index (χ2n) is 6.65. The number of aliphatic imine (C=N–C) groups is 1. The molecule has 0 aromatic heterocycles. The maximum absolute atomic E-state index is 11.5. The van der Waals surface area contributed by atoms with E-state index in [-0.39, 0.29) is 5.91 Å². The molecule has 1 aromatic carbocycles. The number of nitrogens with zero attached hydrogens (tertiary/aromatic N) is 1. The molecule has 0 saturated carbocycles. The molecule has 0 heterocycles. The zero-order valence-corrected chi connectivity index (χ0v) is 15.6. The van der Waals surface area contributed by atoms with Gasteiger partial charge in [0, 0.05) is 12.2 Å². The molecular formula is C18H28N2O2S. The van der Waals surface area contributed by atoms with Crippen molar-refractivity contribution in [2.75, 3.05) is 0 Å². The molecule has 2 N–H and O–H groups in total. The summed E-state index contributed by atoms with van der Waals surface area (Å²) in [4.78, 5) is 16.2. The van der Waals surface area contributed by atoms with E-state index in [9.17, 15) is 9.90 Å². The van der Waals surface area contributed by atoms with Crippen molar-refractivity contribution in [3.05, 3.63) is 35.9 Å². The number of amides is 1. The molecule has 0 bridgehead atoms. The largest absolute Gasteiger partial charge is 0.388 e. The van der Waals surface area contributed by atoms with Crippen molar-refractivity contribution in [1.29, 1.82) is 0 Å². The van der Waals surface area contributed by atoms with Gasteiger partial charge in [-0.05, 0) is 25.3 Å². The molecule has 0 aliphatic heterocycles. The minimum Gasteiger partial charge on any atom is -0.388 e. The predicted octanol–water partition coefficient (Wildman–Crippen LogP) is 3.77. The zero-order valence-electron chi connectivity index (χ0n) is 14.8. The van der Waals surface area contributed by atoms with Gasteiger partial charge in [0.2, 0.25) is 5.91 Å². The molecule has 0 saturated heterocycles. The van der Waals surface area contributed by atoms with Crippen LogP contribution in [0.4, 0.5) is 0 Å². The Morgan fingerprint density at radius 2 is 1.78 bits per heavy atom. The van der Waals surface area contributed by atoms with Crippen LogP contribution < -0.4 is 5.32 Å². The second kappa shape index (κ2) is 8.50. The molecule has 0 aliphatic carbocycles. The Bertz CT molecular complexity index is 536. The first-order valence-corrected chi connectivity index (χ1v) is 8.78. The minimum absolute atomic E-state index is 0.158. The Kier molecular flexibility index (Phi) is 7.29. The predicted molar refractivity (Wildman–Crippen MR) is 98.6 cm³/mol. The number of benzene rings is 1. The SMILES string of the molecule is CC(=O)NC(=N[C@H](c1ccccc1)C(C)(C)O)SC(C)C(C)C. The molecule has 1 rings (SSSR count). The summed E-state index contributed by atoms with van der Waals surface area (Å²) in [7, 11) is 0. The first-order chi connectivity index (χ1) is 10.6. The molecule has 5 heteroatoms. The third-order valence-electron chi connectivity index (χ3n) is 3.55. The summed E-state index contributed by atoms with van der Waals surface area (Å²) in [5, 5.41) is 14.2. The maximum atomic E-state index is 11.5. The number of thioether (sulfide) groups is 1. The van der Waals surface area contributed by atoms with Crippen molar-refractivity contribution in [2.45, 2.75) is 58.4 Å². The topological polar surface area (TPSA) is 61.7 Å². The van der Waals surface area contributed by atoms with Crippen LogP contribution in [0.3, 0.4) is 0 Å². The zero-order chi connectivity index (χ0) is 17.6. The van der Waals surface area contributed by atoms with E-state index < -0.39 is 11.6 Å². The van der Waals surface area contributed by atoms with Crippen LogP contribution in [0.5, 0.6) is 0 Å². The standard InChI is InChI=1S/C18H28N2O2S/c1-12(2)13(3)23-17(19-14(4)21)20-16(18(5,6)22)15-10-8-7-9-11-15/h7-13,16,22H,1-6H3,(H,19,20,21)/t13?,16-/m1/s1. The number of hydrogen-bond donors (Lipinski definition) is 2. The molecule has 23 heavy (non-hydrogen) atoms. The van der Waals surface area contributed by atoms with Crippen molar-refractivity contribution < 1.29 is 9.90 Å². The summed E-state index contributed by atoms with van der Waals surface area (Å²) in [5.74, 6) is 0.297. The lowest BCUT2D eigenvalue weighted by atomic mass is 9.92. The van der Waals surface area contributed by atoms with E-state index in [1.54, 1.807) is 13.8 Å². The average molecular weight is 337 g/mol. The van der Waals surface area contributed by atoms with Crippen molar-refractivity contribution in [2.24, 2.45) is 10.9 Å². The van der Waals surface area contributed by atoms with Gasteiger partial charge in [-0.3, -0.25) is 9.79 Å². The van der Waals surface area contributed by atoms with Crippen LogP contribution in [-0.4, -0.2) is 27.0 Å². The number of rotatable bonds is 5. The van der Waals surface area contributed by atoms with Crippen LogP contribution in [0.15, 0.2) is 35.3 Å². The van der Waals surface area contributed by atoms with E-state index in [1.165, 1.54) is 18.7 Å². The Labute approximate surface area is 143 Å². The second-order valence-corrected chi connectivity index (χ2v) is 8.02. The lowest BCUT2D eigenvalue weighted by Gasteiger charge is -2.28. The average Bonchev–Trinajstić information content (AvgIpc) is 2.43. The van der Waals surface area contributed by atoms with Gasteiger partial charge in [0.05, 0.1) is 5.60 Å². The monoisotopic (exact) mass is 336 g/mol. The number of nitrogens with one attached hydrogen (secondary N) is 1. The molecule has 0 fully saturated rings. The van der Waals surface area contributed by atoms with Crippen molar-refractivity contribution in [3.8, 4) is 0 Å². The van der Waals surface area contributed by atoms with E-state index in [0.29, 0.717) is 16.3 Å². The van der Waals surface area contributed by atoms with Crippen LogP contribution in [-0.2, 0) is 4.79 Å². The summed E-state index contributed by atoms with van der Waals surface area (Å²) in [6.45, 7) is 11.3. The van der Waals surface area contributed by atoms with Crippen LogP contribution in [0.2, 0.25) is 0 Å². The fraction of sp³-hybridized carbons (Fsp3) is 0.556. The van der Waals surface area contributed by atoms with E-state index in [1.807, 2.05) is 30.3 Å². The van der Waals surface area contributed by atoms with Gasteiger partial charge in [-0.2, -0.15) is 0 Å². The number of amidine groups is 1. The highest BCUT2D eigenvalue weighted by molar-refractivity contribution is 8.14. The highest BCUT2D eigenvalue weighted by Gasteiger charge is 2.29. The molecule has 2 atom stereocenters. The van der Waals surface area contributed by atoms with Gasteiger partial charge in [0.25, 0.3) is 0 Å². The summed E-state index contributed by atoms with van der Waals surface area (Å²) >= 11 is 1.53. The van der Waals surface area contributed by atoms with E-state index >= 15 is 0 Å².